The number of halogens is 1. The highest BCUT2D eigenvalue weighted by molar-refractivity contribution is 6.30. The second-order valence-corrected chi connectivity index (χ2v) is 6.72. The van der Waals surface area contributed by atoms with Crippen molar-refractivity contribution in [2.75, 3.05) is 26.7 Å². The molecule has 1 saturated heterocycles. The molecule has 1 aromatic carbocycles. The number of hydrogen-bond acceptors (Lipinski definition) is 2. The average molecular weight is 321 g/mol. The van der Waals surface area contributed by atoms with Crippen LogP contribution >= 0.6 is 11.6 Å². The van der Waals surface area contributed by atoms with E-state index in [-0.39, 0.29) is 30.2 Å². The Labute approximate surface area is 136 Å². The molecule has 0 spiro atoms. The average Bonchev–Trinajstić information content (AvgIpc) is 3.10. The molecule has 2 aliphatic rings. The van der Waals surface area contributed by atoms with Crippen molar-refractivity contribution < 1.29 is 9.59 Å². The highest BCUT2D eigenvalue weighted by Gasteiger charge is 2.45. The van der Waals surface area contributed by atoms with Gasteiger partial charge in [-0.15, -0.1) is 0 Å². The van der Waals surface area contributed by atoms with Crippen LogP contribution < -0.4 is 0 Å². The van der Waals surface area contributed by atoms with Crippen molar-refractivity contribution in [3.05, 3.63) is 34.9 Å². The molecule has 0 bridgehead atoms. The molecule has 118 valence electrons. The topological polar surface area (TPSA) is 40.6 Å². The van der Waals surface area contributed by atoms with Gasteiger partial charge in [-0.1, -0.05) is 23.7 Å². The van der Waals surface area contributed by atoms with Gasteiger partial charge in [0.1, 0.15) is 0 Å². The maximum atomic E-state index is 12.4. The van der Waals surface area contributed by atoms with Crippen LogP contribution in [0, 0.1) is 5.92 Å². The van der Waals surface area contributed by atoms with Crippen LogP contribution in [0.1, 0.15) is 30.7 Å². The summed E-state index contributed by atoms with van der Waals surface area (Å²) in [5.74, 6) is 0.371. The van der Waals surface area contributed by atoms with Crippen LogP contribution in [0.15, 0.2) is 24.3 Å². The number of nitrogens with zero attached hydrogens (tertiary/aromatic N) is 2. The molecule has 5 heteroatoms. The maximum Gasteiger partial charge on any atom is 0.242 e. The number of likely N-dealkylation sites (tertiary alicyclic amines) is 1. The zero-order chi connectivity index (χ0) is 15.7. The molecule has 3 rings (SSSR count). The third kappa shape index (κ3) is 3.27. The molecular formula is C17H21ClN2O2. The van der Waals surface area contributed by atoms with Crippen molar-refractivity contribution in [3.63, 3.8) is 0 Å². The summed E-state index contributed by atoms with van der Waals surface area (Å²) in [6.07, 6.45) is 2.99. The first-order valence-electron chi connectivity index (χ1n) is 7.84. The van der Waals surface area contributed by atoms with Gasteiger partial charge in [-0.25, -0.2) is 0 Å². The Bertz CT molecular complexity index is 584. The summed E-state index contributed by atoms with van der Waals surface area (Å²) in [4.78, 5) is 28.0. The lowest BCUT2D eigenvalue weighted by atomic mass is 10.1. The first-order chi connectivity index (χ1) is 10.6. The third-order valence-electron chi connectivity index (χ3n) is 4.59. The zero-order valence-corrected chi connectivity index (χ0v) is 13.6. The van der Waals surface area contributed by atoms with Crippen LogP contribution in [-0.4, -0.2) is 48.3 Å². The molecule has 2 amide bonds. The summed E-state index contributed by atoms with van der Waals surface area (Å²) in [6.45, 7) is 1.85. The van der Waals surface area contributed by atoms with Gasteiger partial charge in [0.15, 0.2) is 0 Å². The van der Waals surface area contributed by atoms with Crippen molar-refractivity contribution in [2.24, 2.45) is 5.92 Å². The highest BCUT2D eigenvalue weighted by atomic mass is 35.5. The lowest BCUT2D eigenvalue weighted by Crippen LogP contribution is -2.40. The van der Waals surface area contributed by atoms with E-state index in [1.54, 1.807) is 11.9 Å². The quantitative estimate of drug-likeness (QED) is 0.855. The molecule has 2 fully saturated rings. The summed E-state index contributed by atoms with van der Waals surface area (Å²) in [7, 11) is 1.73. The normalized spacial score (nSPS) is 23.5. The zero-order valence-electron chi connectivity index (χ0n) is 12.8. The van der Waals surface area contributed by atoms with Crippen LogP contribution in [0.25, 0.3) is 0 Å². The largest absolute Gasteiger partial charge is 0.341 e. The number of amides is 2. The molecule has 0 radical (unpaired) electrons. The van der Waals surface area contributed by atoms with E-state index in [1.807, 2.05) is 29.2 Å². The lowest BCUT2D eigenvalue weighted by Gasteiger charge is -2.21. The molecule has 22 heavy (non-hydrogen) atoms. The molecular weight excluding hydrogens is 300 g/mol. The van der Waals surface area contributed by atoms with E-state index in [1.165, 1.54) is 0 Å². The fraction of sp³-hybridized carbons (Fsp3) is 0.529. The Morgan fingerprint density at radius 2 is 2.05 bits per heavy atom. The predicted octanol–water partition coefficient (Wildman–Crippen LogP) is 2.52. The SMILES string of the molecule is CN(CC(=O)N1CCCC1)C(=O)[C@@H]1C[C@H]1c1cccc(Cl)c1. The molecule has 0 aromatic heterocycles. The minimum atomic E-state index is -0.00477. The number of likely N-dealkylation sites (N-methyl/N-ethyl adjacent to an activating group) is 1. The molecule has 4 nitrogen and oxygen atoms in total. The van der Waals surface area contributed by atoms with Gasteiger partial charge in [0, 0.05) is 31.1 Å². The smallest absolute Gasteiger partial charge is 0.242 e. The summed E-state index contributed by atoms with van der Waals surface area (Å²) >= 11 is 6.00. The molecule has 2 atom stereocenters. The lowest BCUT2D eigenvalue weighted by molar-refractivity contribution is -0.139. The number of carbonyl (C=O) groups is 2. The van der Waals surface area contributed by atoms with Gasteiger partial charge in [-0.3, -0.25) is 9.59 Å². The standard InChI is InChI=1S/C17H21ClN2O2/c1-19(11-16(21)20-7-2-3-8-20)17(22)15-10-14(15)12-5-4-6-13(18)9-12/h4-6,9,14-15H,2-3,7-8,10-11H2,1H3/t14-,15+/m0/s1. The monoisotopic (exact) mass is 320 g/mol. The van der Waals surface area contributed by atoms with Crippen LogP contribution in [0.3, 0.4) is 0 Å². The predicted molar refractivity (Wildman–Crippen MR) is 85.8 cm³/mol. The highest BCUT2D eigenvalue weighted by Crippen LogP contribution is 2.48. The minimum absolute atomic E-state index is 0.00477. The van der Waals surface area contributed by atoms with Crippen LogP contribution in [0.2, 0.25) is 5.02 Å². The molecule has 1 heterocycles. The summed E-state index contributed by atoms with van der Waals surface area (Å²) < 4.78 is 0. The fourth-order valence-electron chi connectivity index (χ4n) is 3.20. The van der Waals surface area contributed by atoms with Crippen molar-refractivity contribution in [1.82, 2.24) is 9.80 Å². The van der Waals surface area contributed by atoms with Crippen molar-refractivity contribution >= 4 is 23.4 Å². The Kier molecular flexibility index (Phi) is 4.39. The second-order valence-electron chi connectivity index (χ2n) is 6.29. The number of rotatable bonds is 4. The van der Waals surface area contributed by atoms with E-state index in [9.17, 15) is 9.59 Å². The van der Waals surface area contributed by atoms with Crippen molar-refractivity contribution in [1.29, 1.82) is 0 Å². The first-order valence-corrected chi connectivity index (χ1v) is 8.22. The van der Waals surface area contributed by atoms with Gasteiger partial charge >= 0.3 is 0 Å². The van der Waals surface area contributed by atoms with Crippen molar-refractivity contribution in [3.8, 4) is 0 Å². The second kappa shape index (κ2) is 6.29. The molecule has 0 N–H and O–H groups in total. The van der Waals surface area contributed by atoms with Gasteiger partial charge < -0.3 is 9.80 Å². The van der Waals surface area contributed by atoms with Gasteiger partial charge in [0.05, 0.1) is 6.54 Å². The Hall–Kier alpha value is -1.55. The van der Waals surface area contributed by atoms with E-state index in [4.69, 9.17) is 11.6 Å². The van der Waals surface area contributed by atoms with E-state index in [0.717, 1.165) is 37.9 Å². The van der Waals surface area contributed by atoms with E-state index >= 15 is 0 Å². The molecule has 1 aliphatic heterocycles. The Morgan fingerprint density at radius 1 is 1.32 bits per heavy atom. The summed E-state index contributed by atoms with van der Waals surface area (Å²) in [5.41, 5.74) is 1.12. The third-order valence-corrected chi connectivity index (χ3v) is 4.83. The summed E-state index contributed by atoms with van der Waals surface area (Å²) in [5, 5.41) is 0.702. The van der Waals surface area contributed by atoms with Gasteiger partial charge in [0.2, 0.25) is 11.8 Å². The van der Waals surface area contributed by atoms with Gasteiger partial charge in [0.25, 0.3) is 0 Å². The van der Waals surface area contributed by atoms with E-state index in [0.29, 0.717) is 5.02 Å². The number of carbonyl (C=O) groups excluding carboxylic acids is 2. The molecule has 1 saturated carbocycles. The number of benzene rings is 1. The Balaban J connectivity index is 1.55. The van der Waals surface area contributed by atoms with E-state index in [2.05, 4.69) is 0 Å². The minimum Gasteiger partial charge on any atom is -0.341 e. The Morgan fingerprint density at radius 3 is 2.73 bits per heavy atom. The number of hydrogen-bond donors (Lipinski definition) is 0. The molecule has 0 unspecified atom stereocenters. The van der Waals surface area contributed by atoms with Crippen molar-refractivity contribution in [2.45, 2.75) is 25.2 Å². The van der Waals surface area contributed by atoms with E-state index < -0.39 is 0 Å². The maximum absolute atomic E-state index is 12.4. The fourth-order valence-corrected chi connectivity index (χ4v) is 3.40. The molecule has 1 aromatic rings. The van der Waals surface area contributed by atoms with Crippen LogP contribution in [0.5, 0.6) is 0 Å². The van der Waals surface area contributed by atoms with Gasteiger partial charge in [-0.05, 0) is 42.9 Å². The van der Waals surface area contributed by atoms with Crippen LogP contribution in [-0.2, 0) is 9.59 Å². The first kappa shape index (κ1) is 15.3. The molecule has 1 aliphatic carbocycles. The van der Waals surface area contributed by atoms with Gasteiger partial charge in [-0.2, -0.15) is 0 Å². The van der Waals surface area contributed by atoms with Crippen LogP contribution in [0.4, 0.5) is 0 Å². The summed E-state index contributed by atoms with van der Waals surface area (Å²) in [6, 6.07) is 7.69.